The van der Waals surface area contributed by atoms with E-state index in [-0.39, 0.29) is 5.91 Å². The van der Waals surface area contributed by atoms with Gasteiger partial charge in [0.1, 0.15) is 0 Å². The Kier molecular flexibility index (Phi) is 7.14. The zero-order valence-electron chi connectivity index (χ0n) is 14.9. The summed E-state index contributed by atoms with van der Waals surface area (Å²) in [6.45, 7) is 3.15. The van der Waals surface area contributed by atoms with Gasteiger partial charge in [-0.05, 0) is 42.7 Å². The van der Waals surface area contributed by atoms with E-state index in [4.69, 9.17) is 21.1 Å². The number of benzene rings is 2. The smallest absolute Gasteiger partial charge is 0.223 e. The van der Waals surface area contributed by atoms with Crippen molar-refractivity contribution in [2.24, 2.45) is 0 Å². The molecule has 0 fully saturated rings. The zero-order chi connectivity index (χ0) is 18.2. The van der Waals surface area contributed by atoms with Crippen LogP contribution in [0.5, 0.6) is 11.5 Å². The van der Waals surface area contributed by atoms with Crippen LogP contribution in [0.1, 0.15) is 24.5 Å². The van der Waals surface area contributed by atoms with Gasteiger partial charge in [0.15, 0.2) is 11.5 Å². The van der Waals surface area contributed by atoms with E-state index in [1.54, 1.807) is 14.2 Å². The maximum Gasteiger partial charge on any atom is 0.223 e. The van der Waals surface area contributed by atoms with E-state index in [1.165, 1.54) is 0 Å². The van der Waals surface area contributed by atoms with Crippen molar-refractivity contribution in [2.75, 3.05) is 20.8 Å². The lowest BCUT2D eigenvalue weighted by Gasteiger charge is -2.21. The van der Waals surface area contributed by atoms with Crippen LogP contribution < -0.4 is 9.47 Å². The summed E-state index contributed by atoms with van der Waals surface area (Å²) >= 11 is 6.20. The van der Waals surface area contributed by atoms with E-state index < -0.39 is 0 Å². The fraction of sp³-hybridized carbons (Fsp3) is 0.350. The standard InChI is InChI=1S/C20H24ClNO3/c1-4-22(14-16-7-5-6-8-17(16)21)20(23)12-10-15-9-11-18(24-2)19(13-15)25-3/h5-9,11,13H,4,10,12,14H2,1-3H3. The number of aryl methyl sites for hydroxylation is 1. The summed E-state index contributed by atoms with van der Waals surface area (Å²) in [5.41, 5.74) is 2.00. The van der Waals surface area contributed by atoms with E-state index in [9.17, 15) is 4.79 Å². The third-order valence-corrected chi connectivity index (χ3v) is 4.50. The zero-order valence-corrected chi connectivity index (χ0v) is 15.7. The molecule has 0 saturated heterocycles. The molecule has 2 aromatic rings. The number of nitrogens with zero attached hydrogens (tertiary/aromatic N) is 1. The Bertz CT molecular complexity index is 718. The molecule has 0 radical (unpaired) electrons. The van der Waals surface area contributed by atoms with Crippen LogP contribution in [0.25, 0.3) is 0 Å². The summed E-state index contributed by atoms with van der Waals surface area (Å²) in [5.74, 6) is 1.47. The highest BCUT2D eigenvalue weighted by Gasteiger charge is 2.14. The van der Waals surface area contributed by atoms with Crippen molar-refractivity contribution in [3.63, 3.8) is 0 Å². The van der Waals surface area contributed by atoms with E-state index >= 15 is 0 Å². The Morgan fingerprint density at radius 2 is 1.80 bits per heavy atom. The second kappa shape index (κ2) is 9.33. The van der Waals surface area contributed by atoms with Gasteiger partial charge in [0.2, 0.25) is 5.91 Å². The number of carbonyl (C=O) groups is 1. The average molecular weight is 362 g/mol. The molecule has 2 rings (SSSR count). The summed E-state index contributed by atoms with van der Waals surface area (Å²) in [6, 6.07) is 13.4. The maximum atomic E-state index is 12.6. The van der Waals surface area contributed by atoms with Crippen LogP contribution in [0.4, 0.5) is 0 Å². The Morgan fingerprint density at radius 1 is 1.08 bits per heavy atom. The van der Waals surface area contributed by atoms with Crippen molar-refractivity contribution in [3.8, 4) is 11.5 Å². The lowest BCUT2D eigenvalue weighted by atomic mass is 10.1. The Morgan fingerprint density at radius 3 is 2.44 bits per heavy atom. The molecule has 25 heavy (non-hydrogen) atoms. The fourth-order valence-corrected chi connectivity index (χ4v) is 2.85. The first-order valence-electron chi connectivity index (χ1n) is 8.31. The van der Waals surface area contributed by atoms with Crippen LogP contribution in [0.15, 0.2) is 42.5 Å². The Hall–Kier alpha value is -2.20. The SMILES string of the molecule is CCN(Cc1ccccc1Cl)C(=O)CCc1ccc(OC)c(OC)c1. The van der Waals surface area contributed by atoms with Gasteiger partial charge in [0.05, 0.1) is 14.2 Å². The summed E-state index contributed by atoms with van der Waals surface area (Å²) in [7, 11) is 3.21. The molecular formula is C20H24ClNO3. The van der Waals surface area contributed by atoms with Crippen molar-refractivity contribution < 1.29 is 14.3 Å². The van der Waals surface area contributed by atoms with Crippen molar-refractivity contribution in [2.45, 2.75) is 26.3 Å². The van der Waals surface area contributed by atoms with E-state index in [0.717, 1.165) is 11.1 Å². The lowest BCUT2D eigenvalue weighted by Crippen LogP contribution is -2.30. The van der Waals surface area contributed by atoms with Crippen LogP contribution in [-0.4, -0.2) is 31.6 Å². The quantitative estimate of drug-likeness (QED) is 0.702. The fourth-order valence-electron chi connectivity index (χ4n) is 2.65. The largest absolute Gasteiger partial charge is 0.493 e. The number of carbonyl (C=O) groups excluding carboxylic acids is 1. The summed E-state index contributed by atoms with van der Waals surface area (Å²) in [6.07, 6.45) is 1.09. The average Bonchev–Trinajstić information content (AvgIpc) is 2.65. The van der Waals surface area contributed by atoms with E-state index in [0.29, 0.717) is 42.5 Å². The monoisotopic (exact) mass is 361 g/mol. The van der Waals surface area contributed by atoms with E-state index in [1.807, 2.05) is 54.3 Å². The summed E-state index contributed by atoms with van der Waals surface area (Å²) in [4.78, 5) is 14.4. The molecule has 0 aliphatic carbocycles. The molecule has 0 N–H and O–H groups in total. The van der Waals surface area contributed by atoms with Crippen molar-refractivity contribution >= 4 is 17.5 Å². The molecule has 0 bridgehead atoms. The van der Waals surface area contributed by atoms with Gasteiger partial charge in [0, 0.05) is 24.5 Å². The van der Waals surface area contributed by atoms with Crippen LogP contribution in [-0.2, 0) is 17.8 Å². The molecule has 0 saturated carbocycles. The first-order chi connectivity index (χ1) is 12.1. The molecule has 134 valence electrons. The first-order valence-corrected chi connectivity index (χ1v) is 8.69. The van der Waals surface area contributed by atoms with Gasteiger partial charge in [-0.1, -0.05) is 35.9 Å². The second-order valence-electron chi connectivity index (χ2n) is 5.69. The van der Waals surface area contributed by atoms with Gasteiger partial charge in [-0.2, -0.15) is 0 Å². The van der Waals surface area contributed by atoms with Gasteiger partial charge in [0.25, 0.3) is 0 Å². The number of halogens is 1. The minimum Gasteiger partial charge on any atom is -0.493 e. The molecule has 4 nitrogen and oxygen atoms in total. The molecule has 0 aromatic heterocycles. The minimum atomic E-state index is 0.109. The molecule has 0 atom stereocenters. The predicted molar refractivity (Wildman–Crippen MR) is 100 cm³/mol. The topological polar surface area (TPSA) is 38.8 Å². The van der Waals surface area contributed by atoms with Crippen molar-refractivity contribution in [3.05, 3.63) is 58.6 Å². The molecule has 2 aromatic carbocycles. The van der Waals surface area contributed by atoms with Crippen LogP contribution in [0.2, 0.25) is 5.02 Å². The third-order valence-electron chi connectivity index (χ3n) is 4.13. The summed E-state index contributed by atoms with van der Waals surface area (Å²) in [5, 5.41) is 0.689. The van der Waals surface area contributed by atoms with Crippen molar-refractivity contribution in [1.29, 1.82) is 0 Å². The molecule has 0 aliphatic heterocycles. The van der Waals surface area contributed by atoms with Crippen LogP contribution in [0.3, 0.4) is 0 Å². The van der Waals surface area contributed by atoms with Gasteiger partial charge in [-0.3, -0.25) is 4.79 Å². The first kappa shape index (κ1) is 19.1. The van der Waals surface area contributed by atoms with Gasteiger partial charge in [-0.15, -0.1) is 0 Å². The number of hydrogen-bond acceptors (Lipinski definition) is 3. The van der Waals surface area contributed by atoms with Gasteiger partial charge < -0.3 is 14.4 Å². The number of methoxy groups -OCH3 is 2. The number of ether oxygens (including phenoxy) is 2. The number of rotatable bonds is 8. The summed E-state index contributed by atoms with van der Waals surface area (Å²) < 4.78 is 10.5. The van der Waals surface area contributed by atoms with Crippen molar-refractivity contribution in [1.82, 2.24) is 4.90 Å². The van der Waals surface area contributed by atoms with Crippen LogP contribution >= 0.6 is 11.6 Å². The Balaban J connectivity index is 1.99. The highest BCUT2D eigenvalue weighted by Crippen LogP contribution is 2.28. The second-order valence-corrected chi connectivity index (χ2v) is 6.10. The minimum absolute atomic E-state index is 0.109. The van der Waals surface area contributed by atoms with E-state index in [2.05, 4.69) is 0 Å². The molecule has 1 amide bonds. The lowest BCUT2D eigenvalue weighted by molar-refractivity contribution is -0.131. The normalized spacial score (nSPS) is 10.4. The van der Waals surface area contributed by atoms with Crippen LogP contribution in [0, 0.1) is 0 Å². The highest BCUT2D eigenvalue weighted by atomic mass is 35.5. The molecule has 0 spiro atoms. The molecule has 0 heterocycles. The highest BCUT2D eigenvalue weighted by molar-refractivity contribution is 6.31. The van der Waals surface area contributed by atoms with Gasteiger partial charge >= 0.3 is 0 Å². The predicted octanol–water partition coefficient (Wildman–Crippen LogP) is 4.34. The third kappa shape index (κ3) is 5.13. The van der Waals surface area contributed by atoms with Gasteiger partial charge in [-0.25, -0.2) is 0 Å². The number of hydrogen-bond donors (Lipinski definition) is 0. The molecule has 0 unspecified atom stereocenters. The Labute approximate surface area is 154 Å². The molecular weight excluding hydrogens is 338 g/mol. The molecule has 5 heteroatoms. The maximum absolute atomic E-state index is 12.6. The number of amides is 1. The molecule has 0 aliphatic rings.